The first kappa shape index (κ1) is 13.4. The van der Waals surface area contributed by atoms with E-state index in [0.717, 1.165) is 11.1 Å². The molecule has 0 aromatic heterocycles. The van der Waals surface area contributed by atoms with Gasteiger partial charge in [-0.05, 0) is 35.4 Å². The van der Waals surface area contributed by atoms with E-state index < -0.39 is 0 Å². The molecule has 2 aromatic rings. The minimum Gasteiger partial charge on any atom is -0.313 e. The molecule has 18 heavy (non-hydrogen) atoms. The fourth-order valence-electron chi connectivity index (χ4n) is 1.75. The third kappa shape index (κ3) is 4.00. The molecule has 0 atom stereocenters. The fourth-order valence-corrected chi connectivity index (χ4v) is 2.17. The maximum Gasteiger partial charge on any atom is 0.0493 e. The van der Waals surface area contributed by atoms with E-state index in [1.165, 1.54) is 5.06 Å². The van der Waals surface area contributed by atoms with Gasteiger partial charge in [-0.15, -0.1) is 0 Å². The van der Waals surface area contributed by atoms with Crippen LogP contribution in [0.5, 0.6) is 0 Å². The maximum absolute atomic E-state index is 9.88. The summed E-state index contributed by atoms with van der Waals surface area (Å²) in [5.41, 5.74) is 1.93. The van der Waals surface area contributed by atoms with E-state index in [1.54, 1.807) is 0 Å². The van der Waals surface area contributed by atoms with Crippen LogP contribution in [0.4, 0.5) is 0 Å². The Morgan fingerprint density at radius 3 is 1.67 bits per heavy atom. The number of hydroxylamine groups is 2. The van der Waals surface area contributed by atoms with Gasteiger partial charge in [0.25, 0.3) is 0 Å². The lowest BCUT2D eigenvalue weighted by Gasteiger charge is -2.15. The van der Waals surface area contributed by atoms with Crippen LogP contribution < -0.4 is 0 Å². The van der Waals surface area contributed by atoms with E-state index in [4.69, 9.17) is 23.2 Å². The van der Waals surface area contributed by atoms with E-state index in [0.29, 0.717) is 23.1 Å². The van der Waals surface area contributed by atoms with Crippen LogP contribution in [0.3, 0.4) is 0 Å². The lowest BCUT2D eigenvalue weighted by molar-refractivity contribution is -0.108. The van der Waals surface area contributed by atoms with Gasteiger partial charge >= 0.3 is 0 Å². The first-order chi connectivity index (χ1) is 8.63. The summed E-state index contributed by atoms with van der Waals surface area (Å²) >= 11 is 11.8. The molecule has 0 radical (unpaired) electrons. The molecule has 1 N–H and O–H groups in total. The third-order valence-electron chi connectivity index (χ3n) is 2.51. The van der Waals surface area contributed by atoms with E-state index in [-0.39, 0.29) is 0 Å². The second-order valence-electron chi connectivity index (χ2n) is 4.08. The molecule has 4 heteroatoms. The van der Waals surface area contributed by atoms with Crippen LogP contribution in [-0.4, -0.2) is 10.3 Å². The van der Waals surface area contributed by atoms with Gasteiger partial charge in [-0.1, -0.05) is 47.5 Å². The highest BCUT2D eigenvalue weighted by Crippen LogP contribution is 2.15. The van der Waals surface area contributed by atoms with Crippen LogP contribution in [0, 0.1) is 0 Å². The second-order valence-corrected chi connectivity index (χ2v) is 4.96. The van der Waals surface area contributed by atoms with Gasteiger partial charge in [-0.25, -0.2) is 0 Å². The summed E-state index contributed by atoms with van der Waals surface area (Å²) in [6.45, 7) is 0.847. The highest BCUT2D eigenvalue weighted by molar-refractivity contribution is 6.30. The first-order valence-corrected chi connectivity index (χ1v) is 6.32. The predicted molar refractivity (Wildman–Crippen MR) is 73.9 cm³/mol. The predicted octanol–water partition coefficient (Wildman–Crippen LogP) is 4.38. The highest BCUT2D eigenvalue weighted by atomic mass is 35.5. The lowest BCUT2D eigenvalue weighted by Crippen LogP contribution is -2.17. The van der Waals surface area contributed by atoms with Gasteiger partial charge in [-0.2, -0.15) is 5.06 Å². The van der Waals surface area contributed by atoms with Crippen molar-refractivity contribution in [3.05, 3.63) is 69.7 Å². The molecule has 2 aromatic carbocycles. The summed E-state index contributed by atoms with van der Waals surface area (Å²) in [5, 5.41) is 12.5. The van der Waals surface area contributed by atoms with Gasteiger partial charge in [0.15, 0.2) is 0 Å². The molecule has 0 saturated carbocycles. The average molecular weight is 282 g/mol. The van der Waals surface area contributed by atoms with Crippen molar-refractivity contribution < 1.29 is 5.21 Å². The van der Waals surface area contributed by atoms with Gasteiger partial charge < -0.3 is 5.21 Å². The molecule has 0 spiro atoms. The summed E-state index contributed by atoms with van der Waals surface area (Å²) < 4.78 is 0. The van der Waals surface area contributed by atoms with Gasteiger partial charge in [0, 0.05) is 23.1 Å². The molecule has 2 nitrogen and oxygen atoms in total. The fraction of sp³-hybridized carbons (Fsp3) is 0.143. The van der Waals surface area contributed by atoms with Gasteiger partial charge in [-0.3, -0.25) is 0 Å². The van der Waals surface area contributed by atoms with E-state index in [2.05, 4.69) is 0 Å². The van der Waals surface area contributed by atoms with Gasteiger partial charge in [0.1, 0.15) is 0 Å². The Balaban J connectivity index is 1.98. The van der Waals surface area contributed by atoms with Crippen molar-refractivity contribution in [1.82, 2.24) is 5.06 Å². The summed E-state index contributed by atoms with van der Waals surface area (Å²) in [7, 11) is 0. The Morgan fingerprint density at radius 2 is 1.28 bits per heavy atom. The van der Waals surface area contributed by atoms with Crippen molar-refractivity contribution in [2.75, 3.05) is 0 Å². The van der Waals surface area contributed by atoms with E-state index >= 15 is 0 Å². The molecule has 2 rings (SSSR count). The standard InChI is InChI=1S/C14H13Cl2NO/c15-13-5-1-3-11(7-13)9-17(18)10-12-4-2-6-14(16)8-12/h1-8,18H,9-10H2. The van der Waals surface area contributed by atoms with Crippen molar-refractivity contribution in [3.63, 3.8) is 0 Å². The molecular weight excluding hydrogens is 269 g/mol. The molecular formula is C14H13Cl2NO. The van der Waals surface area contributed by atoms with Crippen molar-refractivity contribution in [2.45, 2.75) is 13.1 Å². The summed E-state index contributed by atoms with van der Waals surface area (Å²) in [6.07, 6.45) is 0. The van der Waals surface area contributed by atoms with Crippen molar-refractivity contribution in [2.24, 2.45) is 0 Å². The number of nitrogens with zero attached hydrogens (tertiary/aromatic N) is 1. The lowest BCUT2D eigenvalue weighted by atomic mass is 10.2. The van der Waals surface area contributed by atoms with E-state index in [9.17, 15) is 5.21 Å². The van der Waals surface area contributed by atoms with Crippen LogP contribution in [0.15, 0.2) is 48.5 Å². The number of halogens is 2. The Morgan fingerprint density at radius 1 is 0.833 bits per heavy atom. The molecule has 0 fully saturated rings. The topological polar surface area (TPSA) is 23.5 Å². The zero-order valence-corrected chi connectivity index (χ0v) is 11.2. The summed E-state index contributed by atoms with van der Waals surface area (Å²) in [4.78, 5) is 0. The molecule has 0 aliphatic rings. The van der Waals surface area contributed by atoms with Crippen molar-refractivity contribution in [3.8, 4) is 0 Å². The average Bonchev–Trinajstić information content (AvgIpc) is 2.28. The molecule has 94 valence electrons. The number of hydrogen-bond donors (Lipinski definition) is 1. The van der Waals surface area contributed by atoms with Gasteiger partial charge in [0.05, 0.1) is 0 Å². The van der Waals surface area contributed by atoms with Crippen molar-refractivity contribution >= 4 is 23.2 Å². The van der Waals surface area contributed by atoms with Crippen LogP contribution in [0.2, 0.25) is 10.0 Å². The zero-order chi connectivity index (χ0) is 13.0. The summed E-state index contributed by atoms with van der Waals surface area (Å²) in [5.74, 6) is 0. The summed E-state index contributed by atoms with van der Waals surface area (Å²) in [6, 6.07) is 14.9. The first-order valence-electron chi connectivity index (χ1n) is 5.56. The zero-order valence-electron chi connectivity index (χ0n) is 9.68. The Hall–Kier alpha value is -1.06. The quantitative estimate of drug-likeness (QED) is 0.841. The van der Waals surface area contributed by atoms with Gasteiger partial charge in [0.2, 0.25) is 0 Å². The number of benzene rings is 2. The molecule has 0 amide bonds. The largest absolute Gasteiger partial charge is 0.313 e. The van der Waals surface area contributed by atoms with Crippen LogP contribution >= 0.6 is 23.2 Å². The minimum absolute atomic E-state index is 0.424. The van der Waals surface area contributed by atoms with Crippen LogP contribution in [-0.2, 0) is 13.1 Å². The normalized spacial score (nSPS) is 10.9. The molecule has 0 aliphatic heterocycles. The molecule has 0 bridgehead atoms. The smallest absolute Gasteiger partial charge is 0.0493 e. The molecule has 0 aliphatic carbocycles. The minimum atomic E-state index is 0.424. The van der Waals surface area contributed by atoms with Crippen LogP contribution in [0.1, 0.15) is 11.1 Å². The van der Waals surface area contributed by atoms with E-state index in [1.807, 2.05) is 48.5 Å². The number of hydrogen-bond acceptors (Lipinski definition) is 2. The number of rotatable bonds is 4. The third-order valence-corrected chi connectivity index (χ3v) is 2.98. The highest BCUT2D eigenvalue weighted by Gasteiger charge is 2.04. The van der Waals surface area contributed by atoms with Crippen molar-refractivity contribution in [1.29, 1.82) is 0 Å². The second kappa shape index (κ2) is 6.21. The SMILES string of the molecule is ON(Cc1cccc(Cl)c1)Cc1cccc(Cl)c1. The van der Waals surface area contributed by atoms with Crippen LogP contribution in [0.25, 0.3) is 0 Å². The molecule has 0 unspecified atom stereocenters. The molecule has 0 heterocycles. The Kier molecular flexibility index (Phi) is 4.61. The Labute approximate surface area is 116 Å². The Bertz CT molecular complexity index is 483. The molecule has 0 saturated heterocycles. The monoisotopic (exact) mass is 281 g/mol. The maximum atomic E-state index is 9.88.